The van der Waals surface area contributed by atoms with E-state index in [1.165, 1.54) is 0 Å². The largest absolute Gasteiger partial charge is 0.491 e. The molecule has 2 aromatic heterocycles. The van der Waals surface area contributed by atoms with Gasteiger partial charge in [0.15, 0.2) is 5.58 Å². The minimum absolute atomic E-state index is 0.286. The fourth-order valence-corrected chi connectivity index (χ4v) is 4.36. The lowest BCUT2D eigenvalue weighted by Crippen LogP contribution is -2.37. The summed E-state index contributed by atoms with van der Waals surface area (Å²) in [6.45, 7) is 1.16. The van der Waals surface area contributed by atoms with Crippen LogP contribution in [-0.2, 0) is 4.79 Å². The number of fused-ring (bicyclic) bond motifs is 1. The minimum atomic E-state index is -0.480. The van der Waals surface area contributed by atoms with E-state index in [9.17, 15) is 9.59 Å². The second-order valence-corrected chi connectivity index (χ2v) is 8.13. The number of primary amides is 1. The van der Waals surface area contributed by atoms with Crippen molar-refractivity contribution in [2.24, 2.45) is 11.7 Å². The molecule has 0 spiro atoms. The molecule has 1 saturated carbocycles. The van der Waals surface area contributed by atoms with E-state index < -0.39 is 5.76 Å². The van der Waals surface area contributed by atoms with Crippen molar-refractivity contribution in [1.29, 1.82) is 0 Å². The maximum absolute atomic E-state index is 11.9. The molecule has 1 amide bonds. The smallest absolute Gasteiger partial charge is 0.417 e. The molecule has 1 fully saturated rings. The van der Waals surface area contributed by atoms with Crippen LogP contribution in [0.3, 0.4) is 0 Å². The van der Waals surface area contributed by atoms with Crippen LogP contribution in [0.1, 0.15) is 12.8 Å². The number of carbonyl (C=O) groups is 1. The lowest BCUT2D eigenvalue weighted by atomic mass is 10.1. The van der Waals surface area contributed by atoms with Gasteiger partial charge in [0.05, 0.1) is 27.8 Å². The molecule has 9 nitrogen and oxygen atoms in total. The molecule has 0 bridgehead atoms. The molecule has 31 heavy (non-hydrogen) atoms. The molecule has 3 heterocycles. The number of ether oxygens (including phenoxy) is 1. The van der Waals surface area contributed by atoms with Gasteiger partial charge in [-0.1, -0.05) is 0 Å². The van der Waals surface area contributed by atoms with Crippen LogP contribution in [0.15, 0.2) is 39.5 Å². The second kappa shape index (κ2) is 6.56. The van der Waals surface area contributed by atoms with Crippen molar-refractivity contribution in [3.63, 3.8) is 0 Å². The number of oxazole rings is 1. The lowest BCUT2D eigenvalue weighted by Gasteiger charge is -2.17. The molecule has 2 aliphatic rings. The van der Waals surface area contributed by atoms with Crippen LogP contribution in [-0.4, -0.2) is 35.1 Å². The number of aromatic nitrogens is 2. The molecule has 1 atom stereocenters. The predicted octanol–water partition coefficient (Wildman–Crippen LogP) is 2.75. The lowest BCUT2D eigenvalue weighted by molar-refractivity contribution is -0.119. The van der Waals surface area contributed by atoms with Gasteiger partial charge < -0.3 is 30.5 Å². The number of amides is 1. The molecule has 0 radical (unpaired) electrons. The molecular weight excluding hydrogens is 398 g/mol. The zero-order chi connectivity index (χ0) is 21.1. The third-order valence-electron chi connectivity index (χ3n) is 5.95. The summed E-state index contributed by atoms with van der Waals surface area (Å²) in [6, 6.07) is 9.06. The number of rotatable bonds is 5. The standard InChI is InChI=1S/C22H21N5O4/c23-21(28)19(10-1-2-10)25-12-8-14-17-16(9-12)30-6-5-24-20(17)18(26-14)11-3-4-15-13(7-11)27-22(29)31-15/h3-4,7-10,19,24-26H,1-2,5-6H2,(H2,23,28)(H,27,29)/t19-/m0/s1. The van der Waals surface area contributed by atoms with Gasteiger partial charge in [0.2, 0.25) is 5.91 Å². The van der Waals surface area contributed by atoms with Crippen LogP contribution in [0.5, 0.6) is 5.75 Å². The van der Waals surface area contributed by atoms with Gasteiger partial charge in [0.25, 0.3) is 0 Å². The number of hydrogen-bond donors (Lipinski definition) is 5. The van der Waals surface area contributed by atoms with Crippen LogP contribution in [0, 0.1) is 5.92 Å². The van der Waals surface area contributed by atoms with Crippen LogP contribution in [0.25, 0.3) is 33.3 Å². The Morgan fingerprint density at radius 3 is 2.84 bits per heavy atom. The number of H-pyrrole nitrogens is 2. The molecule has 1 aliphatic heterocycles. The number of aromatic amines is 2. The number of hydrogen-bond acceptors (Lipinski definition) is 6. The molecule has 0 saturated heterocycles. The van der Waals surface area contributed by atoms with Crippen LogP contribution in [0.4, 0.5) is 11.4 Å². The van der Waals surface area contributed by atoms with Gasteiger partial charge in [-0.25, -0.2) is 4.79 Å². The first-order chi connectivity index (χ1) is 15.1. The summed E-state index contributed by atoms with van der Waals surface area (Å²) in [7, 11) is 0. The summed E-state index contributed by atoms with van der Waals surface area (Å²) < 4.78 is 11.1. The maximum Gasteiger partial charge on any atom is 0.417 e. The van der Waals surface area contributed by atoms with E-state index in [-0.39, 0.29) is 17.9 Å². The average Bonchev–Trinajstić information content (AvgIpc) is 3.45. The quantitative estimate of drug-likeness (QED) is 0.337. The Morgan fingerprint density at radius 2 is 2.03 bits per heavy atom. The Morgan fingerprint density at radius 1 is 1.16 bits per heavy atom. The normalized spacial score (nSPS) is 16.5. The summed E-state index contributed by atoms with van der Waals surface area (Å²) >= 11 is 0. The Hall–Kier alpha value is -3.88. The SMILES string of the molecule is NC(=O)[C@@H](Nc1cc2c3c(c(-c4ccc5oc(=O)[nH]c5c4)[nH]c3c1)NCCO2)C1CC1. The van der Waals surface area contributed by atoms with Gasteiger partial charge >= 0.3 is 5.76 Å². The Balaban J connectivity index is 1.48. The summed E-state index contributed by atoms with van der Waals surface area (Å²) in [5.41, 5.74) is 11.1. The molecule has 1 aliphatic carbocycles. The molecule has 6 rings (SSSR count). The van der Waals surface area contributed by atoms with Gasteiger partial charge in [-0.05, 0) is 43.0 Å². The molecule has 158 valence electrons. The Kier molecular flexibility index (Phi) is 3.80. The Labute approximate surface area is 175 Å². The first kappa shape index (κ1) is 17.9. The zero-order valence-electron chi connectivity index (χ0n) is 16.6. The molecule has 9 heteroatoms. The van der Waals surface area contributed by atoms with Gasteiger partial charge in [-0.3, -0.25) is 9.78 Å². The molecule has 2 aromatic carbocycles. The molecule has 6 N–H and O–H groups in total. The van der Waals surface area contributed by atoms with Crippen molar-refractivity contribution < 1.29 is 13.9 Å². The molecule has 0 unspecified atom stereocenters. The van der Waals surface area contributed by atoms with Crippen LogP contribution < -0.4 is 26.9 Å². The fourth-order valence-electron chi connectivity index (χ4n) is 4.36. The van der Waals surface area contributed by atoms with Crippen molar-refractivity contribution in [3.8, 4) is 17.0 Å². The average molecular weight is 419 g/mol. The van der Waals surface area contributed by atoms with E-state index in [1.54, 1.807) is 6.07 Å². The van der Waals surface area contributed by atoms with Crippen molar-refractivity contribution >= 4 is 39.3 Å². The van der Waals surface area contributed by atoms with Crippen molar-refractivity contribution in [1.82, 2.24) is 9.97 Å². The van der Waals surface area contributed by atoms with Crippen molar-refractivity contribution in [3.05, 3.63) is 40.9 Å². The van der Waals surface area contributed by atoms with Gasteiger partial charge in [-0.15, -0.1) is 0 Å². The monoisotopic (exact) mass is 419 g/mol. The van der Waals surface area contributed by atoms with E-state index >= 15 is 0 Å². The van der Waals surface area contributed by atoms with E-state index in [1.807, 2.05) is 24.3 Å². The number of nitrogens with two attached hydrogens (primary N) is 1. The van der Waals surface area contributed by atoms with Crippen molar-refractivity contribution in [2.45, 2.75) is 18.9 Å². The number of carbonyl (C=O) groups excluding carboxylic acids is 1. The Bertz CT molecular complexity index is 1390. The van der Waals surface area contributed by atoms with Gasteiger partial charge in [-0.2, -0.15) is 0 Å². The van der Waals surface area contributed by atoms with Gasteiger partial charge in [0.1, 0.15) is 18.4 Å². The number of nitrogens with one attached hydrogen (secondary N) is 4. The molecular formula is C22H21N5O4. The van der Waals surface area contributed by atoms with Crippen LogP contribution >= 0.6 is 0 Å². The fraction of sp³-hybridized carbons (Fsp3) is 0.273. The zero-order valence-corrected chi connectivity index (χ0v) is 16.6. The summed E-state index contributed by atoms with van der Waals surface area (Å²) in [5.74, 6) is 0.199. The first-order valence-corrected chi connectivity index (χ1v) is 10.3. The summed E-state index contributed by atoms with van der Waals surface area (Å²) in [6.07, 6.45) is 2.01. The highest BCUT2D eigenvalue weighted by Gasteiger charge is 2.35. The predicted molar refractivity (Wildman–Crippen MR) is 117 cm³/mol. The number of benzene rings is 2. The number of anilines is 2. The van der Waals surface area contributed by atoms with Crippen LogP contribution in [0.2, 0.25) is 0 Å². The maximum atomic E-state index is 11.9. The van der Waals surface area contributed by atoms with E-state index in [4.69, 9.17) is 14.9 Å². The van der Waals surface area contributed by atoms with E-state index in [0.717, 1.165) is 52.1 Å². The highest BCUT2D eigenvalue weighted by molar-refractivity contribution is 6.07. The highest BCUT2D eigenvalue weighted by atomic mass is 16.5. The second-order valence-electron chi connectivity index (χ2n) is 8.13. The third kappa shape index (κ3) is 3.00. The summed E-state index contributed by atoms with van der Waals surface area (Å²) in [4.78, 5) is 29.6. The third-order valence-corrected chi connectivity index (χ3v) is 5.95. The summed E-state index contributed by atoms with van der Waals surface area (Å²) in [5, 5.41) is 7.70. The van der Waals surface area contributed by atoms with Gasteiger partial charge in [0, 0.05) is 23.9 Å². The topological polar surface area (TPSA) is 138 Å². The van der Waals surface area contributed by atoms with E-state index in [2.05, 4.69) is 20.6 Å². The van der Waals surface area contributed by atoms with Crippen molar-refractivity contribution in [2.75, 3.05) is 23.8 Å². The van der Waals surface area contributed by atoms with E-state index in [0.29, 0.717) is 24.3 Å². The highest BCUT2D eigenvalue weighted by Crippen LogP contribution is 2.44. The minimum Gasteiger partial charge on any atom is -0.491 e. The first-order valence-electron chi connectivity index (χ1n) is 10.3. The molecule has 4 aromatic rings.